The Morgan fingerprint density at radius 3 is 2.80 bits per heavy atom. The van der Waals surface area contributed by atoms with Gasteiger partial charge in [0.15, 0.2) is 0 Å². The molecular weight excluding hydrogens is 184 g/mol. The predicted molar refractivity (Wildman–Crippen MR) is 65.3 cm³/mol. The minimum absolute atomic E-state index is 0.537. The molecule has 2 rings (SSSR count). The van der Waals surface area contributed by atoms with Crippen LogP contribution < -0.4 is 5.73 Å². The molecular formula is C13H18N2. The second-order valence-electron chi connectivity index (χ2n) is 4.31. The van der Waals surface area contributed by atoms with Gasteiger partial charge in [0.2, 0.25) is 0 Å². The van der Waals surface area contributed by atoms with Gasteiger partial charge in [0.05, 0.1) is 6.04 Å². The molecule has 1 aromatic carbocycles. The maximum atomic E-state index is 5.83. The molecule has 1 saturated carbocycles. The molecule has 0 unspecified atom stereocenters. The standard InChI is InChI=1S/C13H18N2/c1-2-10-7-12(8-10)15-9-11-5-3-4-6-13(11)14/h3-6,9-10,12H,2,7-8,14H2,1H3. The average Bonchev–Trinajstić information content (AvgIpc) is 2.18. The summed E-state index contributed by atoms with van der Waals surface area (Å²) in [6.07, 6.45) is 5.71. The molecule has 1 aromatic rings. The van der Waals surface area contributed by atoms with Crippen LogP contribution in [0.3, 0.4) is 0 Å². The first-order valence-electron chi connectivity index (χ1n) is 5.67. The van der Waals surface area contributed by atoms with Crippen LogP contribution in [0.25, 0.3) is 0 Å². The molecule has 1 aliphatic carbocycles. The lowest BCUT2D eigenvalue weighted by atomic mass is 9.79. The fraction of sp³-hybridized carbons (Fsp3) is 0.462. The first-order valence-corrected chi connectivity index (χ1v) is 5.67. The molecule has 2 heteroatoms. The van der Waals surface area contributed by atoms with Crippen molar-refractivity contribution in [1.29, 1.82) is 0 Å². The minimum atomic E-state index is 0.537. The van der Waals surface area contributed by atoms with Gasteiger partial charge >= 0.3 is 0 Å². The molecule has 0 radical (unpaired) electrons. The molecule has 0 atom stereocenters. The largest absolute Gasteiger partial charge is 0.398 e. The van der Waals surface area contributed by atoms with E-state index in [9.17, 15) is 0 Å². The number of anilines is 1. The van der Waals surface area contributed by atoms with E-state index in [2.05, 4.69) is 11.9 Å². The quantitative estimate of drug-likeness (QED) is 0.594. The van der Waals surface area contributed by atoms with Gasteiger partial charge in [-0.25, -0.2) is 0 Å². The summed E-state index contributed by atoms with van der Waals surface area (Å²) in [7, 11) is 0. The highest BCUT2D eigenvalue weighted by molar-refractivity contribution is 5.86. The monoisotopic (exact) mass is 202 g/mol. The van der Waals surface area contributed by atoms with Gasteiger partial charge in [0.1, 0.15) is 0 Å². The van der Waals surface area contributed by atoms with Crippen LogP contribution in [0.4, 0.5) is 5.69 Å². The lowest BCUT2D eigenvalue weighted by Gasteiger charge is -2.31. The van der Waals surface area contributed by atoms with Crippen LogP contribution in [0, 0.1) is 5.92 Å². The number of nitrogen functional groups attached to an aromatic ring is 1. The highest BCUT2D eigenvalue weighted by Gasteiger charge is 2.26. The third-order valence-electron chi connectivity index (χ3n) is 3.21. The first kappa shape index (κ1) is 10.2. The lowest BCUT2D eigenvalue weighted by Crippen LogP contribution is -2.26. The average molecular weight is 202 g/mol. The summed E-state index contributed by atoms with van der Waals surface area (Å²) in [5, 5.41) is 0. The number of nitrogens with two attached hydrogens (primary N) is 1. The van der Waals surface area contributed by atoms with Crippen molar-refractivity contribution in [3.63, 3.8) is 0 Å². The first-order chi connectivity index (χ1) is 7.29. The summed E-state index contributed by atoms with van der Waals surface area (Å²) in [5.41, 5.74) is 7.68. The van der Waals surface area contributed by atoms with Gasteiger partial charge in [-0.15, -0.1) is 0 Å². The molecule has 15 heavy (non-hydrogen) atoms. The van der Waals surface area contributed by atoms with E-state index in [0.29, 0.717) is 6.04 Å². The zero-order valence-corrected chi connectivity index (χ0v) is 9.19. The molecule has 1 aliphatic rings. The number of hydrogen-bond acceptors (Lipinski definition) is 2. The van der Waals surface area contributed by atoms with Crippen LogP contribution >= 0.6 is 0 Å². The number of benzene rings is 1. The van der Waals surface area contributed by atoms with E-state index < -0.39 is 0 Å². The Balaban J connectivity index is 1.93. The van der Waals surface area contributed by atoms with Crippen LogP contribution in [-0.2, 0) is 0 Å². The van der Waals surface area contributed by atoms with Crippen molar-refractivity contribution < 1.29 is 0 Å². The molecule has 0 spiro atoms. The van der Waals surface area contributed by atoms with E-state index in [1.165, 1.54) is 19.3 Å². The van der Waals surface area contributed by atoms with E-state index in [-0.39, 0.29) is 0 Å². The van der Waals surface area contributed by atoms with E-state index in [0.717, 1.165) is 17.2 Å². The Morgan fingerprint density at radius 1 is 1.40 bits per heavy atom. The molecule has 2 nitrogen and oxygen atoms in total. The molecule has 80 valence electrons. The molecule has 0 saturated heterocycles. The molecule has 2 N–H and O–H groups in total. The second-order valence-corrected chi connectivity index (χ2v) is 4.31. The van der Waals surface area contributed by atoms with E-state index >= 15 is 0 Å². The lowest BCUT2D eigenvalue weighted by molar-refractivity contribution is 0.261. The summed E-state index contributed by atoms with van der Waals surface area (Å²) in [6, 6.07) is 8.40. The van der Waals surface area contributed by atoms with Crippen LogP contribution in [0.5, 0.6) is 0 Å². The fourth-order valence-corrected chi connectivity index (χ4v) is 1.97. The van der Waals surface area contributed by atoms with Crippen molar-refractivity contribution in [2.45, 2.75) is 32.2 Å². The molecule has 0 aliphatic heterocycles. The van der Waals surface area contributed by atoms with Crippen LogP contribution in [0.2, 0.25) is 0 Å². The van der Waals surface area contributed by atoms with Gasteiger partial charge in [0.25, 0.3) is 0 Å². The maximum absolute atomic E-state index is 5.83. The molecule has 0 heterocycles. The van der Waals surface area contributed by atoms with Crippen molar-refractivity contribution in [3.05, 3.63) is 29.8 Å². The van der Waals surface area contributed by atoms with Gasteiger partial charge in [-0.1, -0.05) is 31.5 Å². The van der Waals surface area contributed by atoms with E-state index in [1.807, 2.05) is 30.5 Å². The van der Waals surface area contributed by atoms with Crippen LogP contribution in [-0.4, -0.2) is 12.3 Å². The van der Waals surface area contributed by atoms with Gasteiger partial charge in [0, 0.05) is 17.5 Å². The topological polar surface area (TPSA) is 38.4 Å². The Morgan fingerprint density at radius 2 is 2.13 bits per heavy atom. The smallest absolute Gasteiger partial charge is 0.0505 e. The van der Waals surface area contributed by atoms with Crippen LogP contribution in [0.1, 0.15) is 31.7 Å². The van der Waals surface area contributed by atoms with E-state index in [4.69, 9.17) is 5.73 Å². The van der Waals surface area contributed by atoms with Crippen molar-refractivity contribution >= 4 is 11.9 Å². The minimum Gasteiger partial charge on any atom is -0.398 e. The summed E-state index contributed by atoms with van der Waals surface area (Å²) in [4.78, 5) is 4.55. The summed E-state index contributed by atoms with van der Waals surface area (Å²) in [6.45, 7) is 2.25. The van der Waals surface area contributed by atoms with E-state index in [1.54, 1.807) is 0 Å². The molecule has 0 aromatic heterocycles. The third kappa shape index (κ3) is 2.38. The fourth-order valence-electron chi connectivity index (χ4n) is 1.97. The van der Waals surface area contributed by atoms with Gasteiger partial charge in [-0.2, -0.15) is 0 Å². The SMILES string of the molecule is CCC1CC(N=Cc2ccccc2N)C1. The van der Waals surface area contributed by atoms with Crippen LogP contribution in [0.15, 0.2) is 29.3 Å². The predicted octanol–water partition coefficient (Wildman–Crippen LogP) is 2.88. The Kier molecular flexibility index (Phi) is 3.05. The zero-order valence-electron chi connectivity index (χ0n) is 9.19. The Hall–Kier alpha value is -1.31. The molecule has 1 fully saturated rings. The van der Waals surface area contributed by atoms with Crippen molar-refractivity contribution in [2.75, 3.05) is 5.73 Å². The zero-order chi connectivity index (χ0) is 10.7. The van der Waals surface area contributed by atoms with Gasteiger partial charge in [-0.05, 0) is 24.8 Å². The van der Waals surface area contributed by atoms with Crippen molar-refractivity contribution in [2.24, 2.45) is 10.9 Å². The van der Waals surface area contributed by atoms with Gasteiger partial charge in [-0.3, -0.25) is 4.99 Å². The summed E-state index contributed by atoms with van der Waals surface area (Å²) in [5.74, 6) is 0.903. The second kappa shape index (κ2) is 4.47. The maximum Gasteiger partial charge on any atom is 0.0505 e. The van der Waals surface area contributed by atoms with Gasteiger partial charge < -0.3 is 5.73 Å². The highest BCUT2D eigenvalue weighted by Crippen LogP contribution is 2.32. The Bertz CT molecular complexity index is 351. The van der Waals surface area contributed by atoms with Crippen molar-refractivity contribution in [3.8, 4) is 0 Å². The van der Waals surface area contributed by atoms with Crippen molar-refractivity contribution in [1.82, 2.24) is 0 Å². The Labute approximate surface area is 91.2 Å². The molecule has 0 bridgehead atoms. The summed E-state index contributed by atoms with van der Waals surface area (Å²) < 4.78 is 0. The molecule has 0 amide bonds. The number of rotatable bonds is 3. The normalized spacial score (nSPS) is 25.4. The number of para-hydroxylation sites is 1. The number of nitrogens with zero attached hydrogens (tertiary/aromatic N) is 1. The number of hydrogen-bond donors (Lipinski definition) is 1. The summed E-state index contributed by atoms with van der Waals surface area (Å²) >= 11 is 0. The highest BCUT2D eigenvalue weighted by atomic mass is 14.8. The third-order valence-corrected chi connectivity index (χ3v) is 3.21. The number of aliphatic imine (C=N–C) groups is 1.